The van der Waals surface area contributed by atoms with E-state index in [9.17, 15) is 10.1 Å². The molecule has 0 aliphatic heterocycles. The van der Waals surface area contributed by atoms with Crippen LogP contribution in [0.4, 0.5) is 5.69 Å². The van der Waals surface area contributed by atoms with Crippen molar-refractivity contribution < 1.29 is 4.92 Å². The number of nitro benzene ring substituents is 1. The van der Waals surface area contributed by atoms with Gasteiger partial charge in [-0.1, -0.05) is 58.5 Å². The molecule has 0 aliphatic carbocycles. The van der Waals surface area contributed by atoms with Crippen LogP contribution in [0.1, 0.15) is 0 Å². The molecular formula is C14H10Cl4N2O2S2. The number of halogens is 4. The van der Waals surface area contributed by atoms with Gasteiger partial charge < -0.3 is 0 Å². The monoisotopic (exact) mass is 442 g/mol. The molecule has 4 nitrogen and oxygen atoms in total. The van der Waals surface area contributed by atoms with Crippen molar-refractivity contribution in [2.75, 3.05) is 0 Å². The van der Waals surface area contributed by atoms with Crippen LogP contribution in [0.3, 0.4) is 0 Å². The van der Waals surface area contributed by atoms with Gasteiger partial charge in [0, 0.05) is 16.0 Å². The summed E-state index contributed by atoms with van der Waals surface area (Å²) in [5.74, 6) is 0. The first-order valence-electron chi connectivity index (χ1n) is 6.42. The van der Waals surface area contributed by atoms with E-state index in [1.807, 2.05) is 0 Å². The minimum Gasteiger partial charge on any atom is -0.258 e. The molecule has 0 radical (unpaired) electrons. The number of nitrogens with zero attached hydrogens (tertiary/aromatic N) is 1. The average Bonchev–Trinajstić information content (AvgIpc) is 2.52. The Bertz CT molecular complexity index is 711. The van der Waals surface area contributed by atoms with Crippen molar-refractivity contribution in [3.8, 4) is 0 Å². The lowest BCUT2D eigenvalue weighted by Crippen LogP contribution is -2.33. The minimum atomic E-state index is -1.62. The minimum absolute atomic E-state index is 0.0189. The Morgan fingerprint density at radius 1 is 1.08 bits per heavy atom. The Balaban J connectivity index is 2.13. The molecule has 2 aromatic carbocycles. The quantitative estimate of drug-likeness (QED) is 0.141. The number of thioether (sulfide) groups is 1. The van der Waals surface area contributed by atoms with Gasteiger partial charge in [0.2, 0.25) is 3.79 Å². The second-order valence-electron chi connectivity index (χ2n) is 4.44. The van der Waals surface area contributed by atoms with Gasteiger partial charge in [-0.2, -0.15) is 0 Å². The van der Waals surface area contributed by atoms with Crippen LogP contribution in [0.5, 0.6) is 0 Å². The maximum Gasteiger partial charge on any atom is 0.284 e. The number of nitrogens with one attached hydrogen (secondary N) is 1. The van der Waals surface area contributed by atoms with Gasteiger partial charge in [-0.3, -0.25) is 10.1 Å². The van der Waals surface area contributed by atoms with Crippen molar-refractivity contribution >= 4 is 75.8 Å². The number of para-hydroxylation sites is 1. The maximum atomic E-state index is 11.1. The van der Waals surface area contributed by atoms with E-state index in [0.717, 1.165) is 16.8 Å². The first kappa shape index (κ1) is 20.0. The summed E-state index contributed by atoms with van der Waals surface area (Å²) >= 11 is 26.2. The fraction of sp³-hybridized carbons (Fsp3) is 0.143. The van der Waals surface area contributed by atoms with E-state index < -0.39 is 14.1 Å². The maximum absolute atomic E-state index is 11.1. The molecule has 0 aliphatic rings. The molecule has 1 atom stereocenters. The van der Waals surface area contributed by atoms with Gasteiger partial charge in [0.1, 0.15) is 10.3 Å². The van der Waals surface area contributed by atoms with Crippen LogP contribution < -0.4 is 4.72 Å². The van der Waals surface area contributed by atoms with E-state index in [1.54, 1.807) is 42.5 Å². The van der Waals surface area contributed by atoms with Crippen molar-refractivity contribution in [1.82, 2.24) is 4.72 Å². The highest BCUT2D eigenvalue weighted by Crippen LogP contribution is 2.41. The number of benzene rings is 2. The van der Waals surface area contributed by atoms with E-state index in [1.165, 1.54) is 17.8 Å². The third kappa shape index (κ3) is 5.88. The van der Waals surface area contributed by atoms with Crippen LogP contribution in [0.25, 0.3) is 0 Å². The van der Waals surface area contributed by atoms with Gasteiger partial charge in [0.25, 0.3) is 5.69 Å². The molecule has 0 saturated carbocycles. The molecule has 1 N–H and O–H groups in total. The molecule has 0 fully saturated rings. The number of nitro groups is 1. The normalized spacial score (nSPS) is 12.8. The van der Waals surface area contributed by atoms with Crippen LogP contribution in [0, 0.1) is 10.1 Å². The van der Waals surface area contributed by atoms with Crippen molar-refractivity contribution in [2.45, 2.75) is 19.0 Å². The Labute approximate surface area is 167 Å². The second-order valence-corrected chi connectivity index (χ2v) is 9.30. The van der Waals surface area contributed by atoms with Gasteiger partial charge in [0.05, 0.1) is 4.92 Å². The van der Waals surface area contributed by atoms with Crippen LogP contribution in [0.2, 0.25) is 5.02 Å². The average molecular weight is 444 g/mol. The Hall–Kier alpha value is -0.340. The van der Waals surface area contributed by atoms with Crippen LogP contribution in [-0.2, 0) is 0 Å². The molecule has 10 heteroatoms. The summed E-state index contributed by atoms with van der Waals surface area (Å²) in [4.78, 5) is 11.9. The van der Waals surface area contributed by atoms with Crippen LogP contribution in [-0.4, -0.2) is 14.1 Å². The molecule has 2 rings (SSSR count). The number of hydrogen-bond donors (Lipinski definition) is 1. The van der Waals surface area contributed by atoms with Gasteiger partial charge in [-0.15, -0.1) is 11.8 Å². The highest BCUT2D eigenvalue weighted by Gasteiger charge is 2.34. The van der Waals surface area contributed by atoms with Gasteiger partial charge in [0.15, 0.2) is 0 Å². The molecule has 0 aromatic heterocycles. The highest BCUT2D eigenvalue weighted by molar-refractivity contribution is 8.02. The lowest BCUT2D eigenvalue weighted by atomic mass is 10.3. The fourth-order valence-electron chi connectivity index (χ4n) is 1.62. The largest absolute Gasteiger partial charge is 0.284 e. The molecular weight excluding hydrogens is 434 g/mol. The molecule has 0 amide bonds. The van der Waals surface area contributed by atoms with Gasteiger partial charge >= 0.3 is 0 Å². The first-order chi connectivity index (χ1) is 11.3. The second kappa shape index (κ2) is 8.85. The summed E-state index contributed by atoms with van der Waals surface area (Å²) in [5, 5.41) is 11.0. The van der Waals surface area contributed by atoms with Crippen molar-refractivity contribution in [1.29, 1.82) is 0 Å². The Morgan fingerprint density at radius 3 is 2.29 bits per heavy atom. The zero-order valence-corrected chi connectivity index (χ0v) is 16.4. The summed E-state index contributed by atoms with van der Waals surface area (Å²) in [7, 11) is 0. The summed E-state index contributed by atoms with van der Waals surface area (Å²) in [6.45, 7) is 0. The molecule has 0 saturated heterocycles. The van der Waals surface area contributed by atoms with E-state index in [0.29, 0.717) is 9.92 Å². The summed E-state index contributed by atoms with van der Waals surface area (Å²) in [5.41, 5.74) is -0.0189. The first-order valence-corrected chi connectivity index (χ1v) is 9.63. The van der Waals surface area contributed by atoms with E-state index >= 15 is 0 Å². The number of rotatable bonds is 6. The lowest BCUT2D eigenvalue weighted by Gasteiger charge is -2.24. The van der Waals surface area contributed by atoms with Crippen molar-refractivity contribution in [2.24, 2.45) is 0 Å². The SMILES string of the molecule is O=[N+]([O-])c1ccccc1SN[C@H](Sc1ccc(Cl)cc1)C(Cl)(Cl)Cl. The Kier molecular flexibility index (Phi) is 7.37. The third-order valence-corrected chi connectivity index (χ3v) is 6.32. The molecule has 0 bridgehead atoms. The predicted molar refractivity (Wildman–Crippen MR) is 103 cm³/mol. The summed E-state index contributed by atoms with van der Waals surface area (Å²) in [6, 6.07) is 13.4. The zero-order valence-electron chi connectivity index (χ0n) is 11.8. The van der Waals surface area contributed by atoms with E-state index in [2.05, 4.69) is 4.72 Å². The van der Waals surface area contributed by atoms with Crippen molar-refractivity contribution in [3.63, 3.8) is 0 Å². The summed E-state index contributed by atoms with van der Waals surface area (Å²) < 4.78 is 1.36. The van der Waals surface area contributed by atoms with Gasteiger partial charge in [-0.05, 0) is 42.3 Å². The Morgan fingerprint density at radius 2 is 1.71 bits per heavy atom. The number of alkyl halides is 3. The molecule has 128 valence electrons. The van der Waals surface area contributed by atoms with Crippen LogP contribution in [0.15, 0.2) is 58.3 Å². The molecule has 0 spiro atoms. The summed E-state index contributed by atoms with van der Waals surface area (Å²) in [6.07, 6.45) is 0. The molecule has 2 aromatic rings. The standard InChI is InChI=1S/C14H10Cl4N2O2S2/c15-9-5-7-10(8-6-9)23-13(14(16,17)18)19-24-12-4-2-1-3-11(12)20(21)22/h1-8,13,19H/t13-/m1/s1. The number of hydrogen-bond acceptors (Lipinski definition) is 5. The van der Waals surface area contributed by atoms with E-state index in [4.69, 9.17) is 46.4 Å². The topological polar surface area (TPSA) is 55.2 Å². The van der Waals surface area contributed by atoms with Crippen LogP contribution >= 0.6 is 70.1 Å². The smallest absolute Gasteiger partial charge is 0.258 e. The van der Waals surface area contributed by atoms with Gasteiger partial charge in [-0.25, -0.2) is 4.72 Å². The molecule has 0 heterocycles. The lowest BCUT2D eigenvalue weighted by molar-refractivity contribution is -0.387. The van der Waals surface area contributed by atoms with E-state index in [-0.39, 0.29) is 5.69 Å². The highest BCUT2D eigenvalue weighted by atomic mass is 35.6. The predicted octanol–water partition coefficient (Wildman–Crippen LogP) is 6.33. The fourth-order valence-corrected chi connectivity index (χ4v) is 4.34. The zero-order chi connectivity index (χ0) is 17.7. The van der Waals surface area contributed by atoms with Crippen molar-refractivity contribution in [3.05, 3.63) is 63.7 Å². The molecule has 24 heavy (non-hydrogen) atoms. The third-order valence-electron chi connectivity index (χ3n) is 2.70. The molecule has 0 unspecified atom stereocenters.